The second kappa shape index (κ2) is 5.36. The second-order valence-electron chi connectivity index (χ2n) is 5.50. The summed E-state index contributed by atoms with van der Waals surface area (Å²) in [4.78, 5) is 8.50. The summed E-state index contributed by atoms with van der Waals surface area (Å²) < 4.78 is 0. The molecule has 1 heterocycles. The van der Waals surface area contributed by atoms with E-state index in [1.807, 2.05) is 18.0 Å². The van der Waals surface area contributed by atoms with Crippen LogP contribution in [0.3, 0.4) is 0 Å². The van der Waals surface area contributed by atoms with Crippen molar-refractivity contribution in [2.45, 2.75) is 49.4 Å². The van der Waals surface area contributed by atoms with Crippen LogP contribution in [0.1, 0.15) is 33.1 Å². The molecule has 0 spiro atoms. The Kier molecular flexibility index (Phi) is 4.05. The minimum absolute atomic E-state index is 0.452. The van der Waals surface area contributed by atoms with Gasteiger partial charge in [-0.05, 0) is 31.7 Å². The van der Waals surface area contributed by atoms with Crippen LogP contribution < -0.4 is 5.32 Å². The van der Waals surface area contributed by atoms with E-state index in [0.717, 1.165) is 5.03 Å². The molecule has 1 aromatic heterocycles. The second-order valence-corrected chi connectivity index (χ2v) is 6.76. The first kappa shape index (κ1) is 12.8. The van der Waals surface area contributed by atoms with Gasteiger partial charge in [-0.2, -0.15) is 0 Å². The molecule has 2 rings (SSSR count). The number of aromatic nitrogens is 2. The lowest BCUT2D eigenvalue weighted by Gasteiger charge is -2.40. The molecule has 0 bridgehead atoms. The minimum atomic E-state index is 0.452. The van der Waals surface area contributed by atoms with Crippen LogP contribution in [-0.4, -0.2) is 28.3 Å². The normalized spacial score (nSPS) is 27.9. The molecule has 1 aromatic rings. The molecular formula is C13H21N3S. The molecule has 4 heteroatoms. The Morgan fingerprint density at radius 2 is 2.24 bits per heavy atom. The molecule has 1 fully saturated rings. The summed E-state index contributed by atoms with van der Waals surface area (Å²) in [5.74, 6) is 0. The lowest BCUT2D eigenvalue weighted by atomic mass is 9.75. The van der Waals surface area contributed by atoms with E-state index in [2.05, 4.69) is 36.2 Å². The Labute approximate surface area is 108 Å². The minimum Gasteiger partial charge on any atom is -0.316 e. The van der Waals surface area contributed by atoms with E-state index in [-0.39, 0.29) is 0 Å². The Balaban J connectivity index is 2.06. The van der Waals surface area contributed by atoms with Crippen molar-refractivity contribution in [1.29, 1.82) is 0 Å². The zero-order valence-electron chi connectivity index (χ0n) is 10.8. The molecular weight excluding hydrogens is 230 g/mol. The monoisotopic (exact) mass is 251 g/mol. The highest BCUT2D eigenvalue weighted by molar-refractivity contribution is 7.99. The van der Waals surface area contributed by atoms with Gasteiger partial charge in [0.2, 0.25) is 0 Å². The molecule has 17 heavy (non-hydrogen) atoms. The molecule has 1 saturated carbocycles. The van der Waals surface area contributed by atoms with E-state index in [1.54, 1.807) is 12.4 Å². The molecule has 0 radical (unpaired) electrons. The predicted octanol–water partition coefficient (Wildman–Crippen LogP) is 2.74. The van der Waals surface area contributed by atoms with Crippen LogP contribution >= 0.6 is 11.8 Å². The number of nitrogens with one attached hydrogen (secondary N) is 1. The topological polar surface area (TPSA) is 37.8 Å². The van der Waals surface area contributed by atoms with Gasteiger partial charge in [-0.15, -0.1) is 0 Å². The summed E-state index contributed by atoms with van der Waals surface area (Å²) in [6.07, 6.45) is 9.14. The summed E-state index contributed by atoms with van der Waals surface area (Å²) in [6, 6.07) is 0.593. The standard InChI is InChI=1S/C13H21N3S/c1-13(2)5-4-10(14-3)11(8-13)17-12-9-15-6-7-16-12/h6-7,9-11,14H,4-5,8H2,1-3H3. The number of hydrogen-bond acceptors (Lipinski definition) is 4. The maximum Gasteiger partial charge on any atom is 0.115 e. The van der Waals surface area contributed by atoms with Gasteiger partial charge in [-0.1, -0.05) is 25.6 Å². The van der Waals surface area contributed by atoms with Crippen LogP contribution in [0.15, 0.2) is 23.6 Å². The first-order chi connectivity index (χ1) is 8.11. The van der Waals surface area contributed by atoms with Gasteiger partial charge in [-0.3, -0.25) is 4.98 Å². The predicted molar refractivity (Wildman–Crippen MR) is 72.2 cm³/mol. The number of rotatable bonds is 3. The summed E-state index contributed by atoms with van der Waals surface area (Å²) in [5.41, 5.74) is 0.452. The quantitative estimate of drug-likeness (QED) is 0.896. The van der Waals surface area contributed by atoms with Gasteiger partial charge in [0.25, 0.3) is 0 Å². The Morgan fingerprint density at radius 1 is 1.41 bits per heavy atom. The van der Waals surface area contributed by atoms with Crippen molar-refractivity contribution >= 4 is 11.8 Å². The van der Waals surface area contributed by atoms with E-state index < -0.39 is 0 Å². The molecule has 1 aliphatic rings. The van der Waals surface area contributed by atoms with Gasteiger partial charge in [-0.25, -0.2) is 4.98 Å². The molecule has 0 amide bonds. The van der Waals surface area contributed by atoms with Crippen LogP contribution in [0.4, 0.5) is 0 Å². The van der Waals surface area contributed by atoms with E-state index in [4.69, 9.17) is 0 Å². The average molecular weight is 251 g/mol. The third-order valence-electron chi connectivity index (χ3n) is 3.52. The van der Waals surface area contributed by atoms with E-state index in [9.17, 15) is 0 Å². The highest BCUT2D eigenvalue weighted by Crippen LogP contribution is 2.41. The van der Waals surface area contributed by atoms with Gasteiger partial charge >= 0.3 is 0 Å². The van der Waals surface area contributed by atoms with Crippen LogP contribution in [-0.2, 0) is 0 Å². The third kappa shape index (κ3) is 3.42. The number of hydrogen-bond donors (Lipinski definition) is 1. The summed E-state index contributed by atoms with van der Waals surface area (Å²) in [6.45, 7) is 4.73. The van der Waals surface area contributed by atoms with E-state index in [0.29, 0.717) is 16.7 Å². The Morgan fingerprint density at radius 3 is 2.88 bits per heavy atom. The fraction of sp³-hybridized carbons (Fsp3) is 0.692. The highest BCUT2D eigenvalue weighted by Gasteiger charge is 2.34. The largest absolute Gasteiger partial charge is 0.316 e. The van der Waals surface area contributed by atoms with Crippen molar-refractivity contribution in [1.82, 2.24) is 15.3 Å². The maximum atomic E-state index is 4.36. The first-order valence-corrected chi connectivity index (χ1v) is 7.09. The van der Waals surface area contributed by atoms with Crippen LogP contribution in [0.5, 0.6) is 0 Å². The molecule has 0 aliphatic heterocycles. The fourth-order valence-electron chi connectivity index (χ4n) is 2.48. The fourth-order valence-corrected chi connectivity index (χ4v) is 4.00. The molecule has 1 N–H and O–H groups in total. The Bertz CT molecular complexity index is 353. The molecule has 1 aliphatic carbocycles. The smallest absolute Gasteiger partial charge is 0.115 e. The van der Waals surface area contributed by atoms with Crippen LogP contribution in [0, 0.1) is 5.41 Å². The number of thioether (sulfide) groups is 1. The highest BCUT2D eigenvalue weighted by atomic mass is 32.2. The van der Waals surface area contributed by atoms with Gasteiger partial charge in [0.15, 0.2) is 0 Å². The van der Waals surface area contributed by atoms with Gasteiger partial charge < -0.3 is 5.32 Å². The van der Waals surface area contributed by atoms with Crippen LogP contribution in [0.25, 0.3) is 0 Å². The van der Waals surface area contributed by atoms with Crippen molar-refractivity contribution in [3.8, 4) is 0 Å². The van der Waals surface area contributed by atoms with Gasteiger partial charge in [0.05, 0.1) is 6.20 Å². The van der Waals surface area contributed by atoms with Crippen LogP contribution in [0.2, 0.25) is 0 Å². The van der Waals surface area contributed by atoms with E-state index in [1.165, 1.54) is 19.3 Å². The molecule has 3 nitrogen and oxygen atoms in total. The average Bonchev–Trinajstić information content (AvgIpc) is 2.30. The van der Waals surface area contributed by atoms with Gasteiger partial charge in [0, 0.05) is 23.7 Å². The molecule has 94 valence electrons. The lowest BCUT2D eigenvalue weighted by Crippen LogP contribution is -2.43. The van der Waals surface area contributed by atoms with Crippen molar-refractivity contribution in [2.75, 3.05) is 7.05 Å². The first-order valence-electron chi connectivity index (χ1n) is 6.21. The van der Waals surface area contributed by atoms with E-state index >= 15 is 0 Å². The number of nitrogens with zero attached hydrogens (tertiary/aromatic N) is 2. The molecule has 2 unspecified atom stereocenters. The SMILES string of the molecule is CNC1CCC(C)(C)CC1Sc1cnccn1. The maximum absolute atomic E-state index is 4.36. The lowest BCUT2D eigenvalue weighted by molar-refractivity contribution is 0.218. The van der Waals surface area contributed by atoms with Crippen molar-refractivity contribution in [3.63, 3.8) is 0 Å². The van der Waals surface area contributed by atoms with Gasteiger partial charge in [0.1, 0.15) is 5.03 Å². The summed E-state index contributed by atoms with van der Waals surface area (Å²) >= 11 is 1.86. The molecule has 0 saturated heterocycles. The van der Waals surface area contributed by atoms with Crippen molar-refractivity contribution < 1.29 is 0 Å². The zero-order chi connectivity index (χ0) is 12.3. The molecule has 0 aromatic carbocycles. The molecule has 2 atom stereocenters. The summed E-state index contributed by atoms with van der Waals surface area (Å²) in [5, 5.41) is 5.08. The zero-order valence-corrected chi connectivity index (χ0v) is 11.6. The van der Waals surface area contributed by atoms with Crippen molar-refractivity contribution in [2.24, 2.45) is 5.41 Å². The third-order valence-corrected chi connectivity index (χ3v) is 4.77. The van der Waals surface area contributed by atoms with Crippen molar-refractivity contribution in [3.05, 3.63) is 18.6 Å². The summed E-state index contributed by atoms with van der Waals surface area (Å²) in [7, 11) is 2.06. The Hall–Kier alpha value is -0.610.